The molecule has 88 valence electrons. The van der Waals surface area contributed by atoms with E-state index in [2.05, 4.69) is 0 Å². The molecule has 2 aromatic rings. The van der Waals surface area contributed by atoms with E-state index in [4.69, 9.17) is 16.0 Å². The molecule has 0 aliphatic heterocycles. The summed E-state index contributed by atoms with van der Waals surface area (Å²) in [4.78, 5) is 22.5. The van der Waals surface area contributed by atoms with Crippen molar-refractivity contribution in [1.29, 1.82) is 0 Å². The Hall–Kier alpha value is -1.61. The second-order valence-corrected chi connectivity index (χ2v) is 4.37. The number of carbonyl (C=O) groups is 1. The number of aryl methyl sites for hydroxylation is 1. The van der Waals surface area contributed by atoms with Crippen LogP contribution in [0.3, 0.4) is 0 Å². The van der Waals surface area contributed by atoms with Crippen LogP contribution in [0.5, 0.6) is 0 Å². The molecular weight excluding hydrogens is 240 g/mol. The van der Waals surface area contributed by atoms with Gasteiger partial charge in [-0.3, -0.25) is 0 Å². The standard InChI is InChI=1S/C13H11ClO3/c1-8(15)2-4-11-7-9-6-10(14)3-5-12(9)13(16)17-11/h3,5-7H,2,4H2,1H3. The van der Waals surface area contributed by atoms with Gasteiger partial charge in [-0.25, -0.2) is 4.79 Å². The minimum absolute atomic E-state index is 0.0684. The van der Waals surface area contributed by atoms with Gasteiger partial charge in [0, 0.05) is 17.9 Å². The van der Waals surface area contributed by atoms with Crippen molar-refractivity contribution in [3.8, 4) is 0 Å². The van der Waals surface area contributed by atoms with E-state index in [0.29, 0.717) is 29.0 Å². The van der Waals surface area contributed by atoms with Gasteiger partial charge in [0.2, 0.25) is 0 Å². The SMILES string of the molecule is CC(=O)CCc1cc2cc(Cl)ccc2c(=O)o1. The Morgan fingerprint density at radius 1 is 1.35 bits per heavy atom. The molecule has 17 heavy (non-hydrogen) atoms. The van der Waals surface area contributed by atoms with Crippen molar-refractivity contribution >= 4 is 28.2 Å². The lowest BCUT2D eigenvalue weighted by atomic mass is 10.1. The second-order valence-electron chi connectivity index (χ2n) is 3.93. The Bertz CT molecular complexity index is 628. The first kappa shape index (κ1) is 11.9. The number of rotatable bonds is 3. The number of hydrogen-bond acceptors (Lipinski definition) is 3. The average Bonchev–Trinajstić information content (AvgIpc) is 2.25. The molecule has 0 spiro atoms. The first-order valence-electron chi connectivity index (χ1n) is 5.28. The Balaban J connectivity index is 2.46. The van der Waals surface area contributed by atoms with Crippen LogP contribution in [0.2, 0.25) is 5.02 Å². The van der Waals surface area contributed by atoms with E-state index in [1.54, 1.807) is 24.3 Å². The van der Waals surface area contributed by atoms with Gasteiger partial charge in [0.25, 0.3) is 0 Å². The van der Waals surface area contributed by atoms with Crippen LogP contribution in [-0.2, 0) is 11.2 Å². The fourth-order valence-corrected chi connectivity index (χ4v) is 1.82. The predicted octanol–water partition coefficient (Wildman–Crippen LogP) is 2.97. The van der Waals surface area contributed by atoms with Gasteiger partial charge in [-0.15, -0.1) is 0 Å². The maximum absolute atomic E-state index is 11.7. The third-order valence-corrected chi connectivity index (χ3v) is 2.73. The minimum Gasteiger partial charge on any atom is -0.427 e. The number of carbonyl (C=O) groups excluding carboxylic acids is 1. The first-order valence-corrected chi connectivity index (χ1v) is 5.66. The third-order valence-electron chi connectivity index (χ3n) is 2.50. The summed E-state index contributed by atoms with van der Waals surface area (Å²) >= 11 is 5.86. The number of ketones is 1. The molecule has 1 aromatic heterocycles. The van der Waals surface area contributed by atoms with Gasteiger partial charge < -0.3 is 9.21 Å². The molecule has 0 fully saturated rings. The molecule has 1 heterocycles. The molecule has 4 heteroatoms. The van der Waals surface area contributed by atoms with Crippen molar-refractivity contribution in [3.05, 3.63) is 45.5 Å². The van der Waals surface area contributed by atoms with Gasteiger partial charge in [-0.05, 0) is 36.6 Å². The van der Waals surface area contributed by atoms with Gasteiger partial charge in [0.1, 0.15) is 11.5 Å². The normalized spacial score (nSPS) is 10.7. The van der Waals surface area contributed by atoms with Crippen LogP contribution in [0, 0.1) is 0 Å². The van der Waals surface area contributed by atoms with Crippen LogP contribution in [0.15, 0.2) is 33.5 Å². The van der Waals surface area contributed by atoms with Gasteiger partial charge in [0.05, 0.1) is 5.39 Å². The quantitative estimate of drug-likeness (QED) is 0.841. The summed E-state index contributed by atoms with van der Waals surface area (Å²) in [5.74, 6) is 0.582. The van der Waals surface area contributed by atoms with Crippen molar-refractivity contribution < 1.29 is 9.21 Å². The number of benzene rings is 1. The highest BCUT2D eigenvalue weighted by atomic mass is 35.5. The summed E-state index contributed by atoms with van der Waals surface area (Å²) in [6, 6.07) is 6.75. The summed E-state index contributed by atoms with van der Waals surface area (Å²) in [5.41, 5.74) is -0.391. The van der Waals surface area contributed by atoms with Crippen LogP contribution in [0.1, 0.15) is 19.1 Å². The Labute approximate surface area is 103 Å². The van der Waals surface area contributed by atoms with Crippen LogP contribution in [0.4, 0.5) is 0 Å². The molecule has 0 amide bonds. The van der Waals surface area contributed by atoms with E-state index in [1.165, 1.54) is 6.92 Å². The zero-order valence-corrected chi connectivity index (χ0v) is 10.1. The smallest absolute Gasteiger partial charge is 0.343 e. The van der Waals surface area contributed by atoms with Crippen molar-refractivity contribution in [1.82, 2.24) is 0 Å². The number of Topliss-reactive ketones (excluding diaryl/α,β-unsaturated/α-hetero) is 1. The molecule has 3 nitrogen and oxygen atoms in total. The molecule has 0 N–H and O–H groups in total. The molecule has 1 aromatic carbocycles. The van der Waals surface area contributed by atoms with Gasteiger partial charge in [-0.2, -0.15) is 0 Å². The topological polar surface area (TPSA) is 47.3 Å². The average molecular weight is 251 g/mol. The van der Waals surface area contributed by atoms with Crippen LogP contribution < -0.4 is 5.63 Å². The lowest BCUT2D eigenvalue weighted by Crippen LogP contribution is -2.03. The maximum atomic E-state index is 11.7. The van der Waals surface area contributed by atoms with E-state index >= 15 is 0 Å². The Morgan fingerprint density at radius 2 is 2.12 bits per heavy atom. The fourth-order valence-electron chi connectivity index (χ4n) is 1.64. The summed E-state index contributed by atoms with van der Waals surface area (Å²) in [6.45, 7) is 1.51. The lowest BCUT2D eigenvalue weighted by Gasteiger charge is -2.01. The summed E-state index contributed by atoms with van der Waals surface area (Å²) < 4.78 is 5.13. The molecule has 0 bridgehead atoms. The number of halogens is 1. The molecule has 0 unspecified atom stereocenters. The molecule has 0 saturated heterocycles. The highest BCUT2D eigenvalue weighted by Crippen LogP contribution is 2.18. The minimum atomic E-state index is -0.391. The van der Waals surface area contributed by atoms with E-state index in [9.17, 15) is 9.59 Å². The van der Waals surface area contributed by atoms with Gasteiger partial charge in [0.15, 0.2) is 0 Å². The van der Waals surface area contributed by atoms with Crippen LogP contribution in [0.25, 0.3) is 10.8 Å². The zero-order chi connectivity index (χ0) is 12.4. The third kappa shape index (κ3) is 2.74. The Morgan fingerprint density at radius 3 is 2.82 bits per heavy atom. The number of hydrogen-bond donors (Lipinski definition) is 0. The van der Waals surface area contributed by atoms with E-state index in [-0.39, 0.29) is 5.78 Å². The van der Waals surface area contributed by atoms with Crippen molar-refractivity contribution in [2.45, 2.75) is 19.8 Å². The van der Waals surface area contributed by atoms with Gasteiger partial charge >= 0.3 is 5.63 Å². The molecule has 0 aliphatic carbocycles. The van der Waals surface area contributed by atoms with Gasteiger partial charge in [-0.1, -0.05) is 11.6 Å². The van der Waals surface area contributed by atoms with E-state index in [0.717, 1.165) is 5.39 Å². The predicted molar refractivity (Wildman–Crippen MR) is 66.5 cm³/mol. The maximum Gasteiger partial charge on any atom is 0.343 e. The Kier molecular flexibility index (Phi) is 3.29. The number of fused-ring (bicyclic) bond motifs is 1. The molecule has 0 radical (unpaired) electrons. The summed E-state index contributed by atoms with van der Waals surface area (Å²) in [5, 5.41) is 1.81. The highest BCUT2D eigenvalue weighted by Gasteiger charge is 2.06. The molecule has 0 saturated carbocycles. The monoisotopic (exact) mass is 250 g/mol. The van der Waals surface area contributed by atoms with E-state index in [1.807, 2.05) is 0 Å². The summed E-state index contributed by atoms with van der Waals surface area (Å²) in [7, 11) is 0. The van der Waals surface area contributed by atoms with Crippen molar-refractivity contribution in [2.75, 3.05) is 0 Å². The van der Waals surface area contributed by atoms with Crippen molar-refractivity contribution in [3.63, 3.8) is 0 Å². The zero-order valence-electron chi connectivity index (χ0n) is 9.33. The van der Waals surface area contributed by atoms with Crippen LogP contribution >= 0.6 is 11.6 Å². The largest absolute Gasteiger partial charge is 0.427 e. The molecule has 2 rings (SSSR count). The van der Waals surface area contributed by atoms with Crippen molar-refractivity contribution in [2.24, 2.45) is 0 Å². The summed E-state index contributed by atoms with van der Waals surface area (Å²) in [6.07, 6.45) is 0.808. The fraction of sp³-hybridized carbons (Fsp3) is 0.231. The first-order chi connectivity index (χ1) is 8.06. The van der Waals surface area contributed by atoms with E-state index < -0.39 is 5.63 Å². The molecular formula is C13H11ClO3. The molecule has 0 atom stereocenters. The second kappa shape index (κ2) is 4.72. The highest BCUT2D eigenvalue weighted by molar-refractivity contribution is 6.31. The lowest BCUT2D eigenvalue weighted by molar-refractivity contribution is -0.117. The molecule has 0 aliphatic rings. The van der Waals surface area contributed by atoms with Crippen LogP contribution in [-0.4, -0.2) is 5.78 Å².